The maximum atomic E-state index is 12.9. The first-order valence-corrected chi connectivity index (χ1v) is 10.7. The summed E-state index contributed by atoms with van der Waals surface area (Å²) in [5.74, 6) is 1.35. The molecule has 7 nitrogen and oxygen atoms in total. The fraction of sp³-hybridized carbons (Fsp3) is 0.435. The van der Waals surface area contributed by atoms with Crippen LogP contribution in [0.15, 0.2) is 42.6 Å². The molecule has 3 heterocycles. The van der Waals surface area contributed by atoms with Crippen molar-refractivity contribution < 1.29 is 9.59 Å². The Hall–Kier alpha value is -3.09. The predicted octanol–water partition coefficient (Wildman–Crippen LogP) is 2.38. The number of piperazine rings is 1. The van der Waals surface area contributed by atoms with Gasteiger partial charge in [-0.3, -0.25) is 9.59 Å². The Morgan fingerprint density at radius 1 is 0.867 bits per heavy atom. The number of benzene rings is 1. The summed E-state index contributed by atoms with van der Waals surface area (Å²) in [6.07, 6.45) is 4.10. The summed E-state index contributed by atoms with van der Waals surface area (Å²) in [5.41, 5.74) is 7.48. The van der Waals surface area contributed by atoms with E-state index < -0.39 is 5.91 Å². The van der Waals surface area contributed by atoms with Gasteiger partial charge < -0.3 is 20.4 Å². The number of aromatic nitrogens is 1. The van der Waals surface area contributed by atoms with E-state index in [4.69, 9.17) is 5.73 Å². The minimum atomic E-state index is -0.425. The van der Waals surface area contributed by atoms with Gasteiger partial charge in [-0.15, -0.1) is 0 Å². The van der Waals surface area contributed by atoms with Crippen molar-refractivity contribution in [2.45, 2.75) is 19.8 Å². The normalized spacial score (nSPS) is 17.8. The number of carbonyl (C=O) groups excluding carboxylic acids is 2. The summed E-state index contributed by atoms with van der Waals surface area (Å²) in [7, 11) is 0. The molecule has 2 saturated heterocycles. The number of hydrogen-bond donors (Lipinski definition) is 1. The zero-order valence-electron chi connectivity index (χ0n) is 17.5. The van der Waals surface area contributed by atoms with Gasteiger partial charge in [0.2, 0.25) is 5.91 Å². The quantitative estimate of drug-likeness (QED) is 0.841. The lowest BCUT2D eigenvalue weighted by molar-refractivity contribution is 0.0746. The molecule has 2 aliphatic heterocycles. The highest BCUT2D eigenvalue weighted by Crippen LogP contribution is 2.22. The first-order valence-electron chi connectivity index (χ1n) is 10.7. The van der Waals surface area contributed by atoms with Crippen molar-refractivity contribution in [1.29, 1.82) is 0 Å². The van der Waals surface area contributed by atoms with Crippen LogP contribution < -0.4 is 15.5 Å². The number of piperidine rings is 1. The zero-order valence-corrected chi connectivity index (χ0v) is 17.5. The van der Waals surface area contributed by atoms with Gasteiger partial charge in [0.05, 0.1) is 5.56 Å². The van der Waals surface area contributed by atoms with Crippen molar-refractivity contribution >= 4 is 23.3 Å². The lowest BCUT2D eigenvalue weighted by atomic mass is 9.99. The maximum Gasteiger partial charge on any atom is 0.255 e. The number of hydrogen-bond acceptors (Lipinski definition) is 5. The van der Waals surface area contributed by atoms with E-state index in [0.29, 0.717) is 24.2 Å². The highest BCUT2D eigenvalue weighted by molar-refractivity contribution is 5.94. The van der Waals surface area contributed by atoms with Crippen LogP contribution in [-0.2, 0) is 0 Å². The van der Waals surface area contributed by atoms with Crippen LogP contribution in [0.5, 0.6) is 0 Å². The number of anilines is 2. The van der Waals surface area contributed by atoms with E-state index in [1.54, 1.807) is 18.3 Å². The Labute approximate surface area is 177 Å². The maximum absolute atomic E-state index is 12.9. The molecule has 7 heteroatoms. The van der Waals surface area contributed by atoms with Gasteiger partial charge in [-0.1, -0.05) is 6.92 Å². The van der Waals surface area contributed by atoms with E-state index in [1.807, 2.05) is 29.2 Å². The molecular formula is C23H29N5O2. The van der Waals surface area contributed by atoms with Gasteiger partial charge in [-0.25, -0.2) is 4.98 Å². The number of nitrogens with zero attached hydrogens (tertiary/aromatic N) is 4. The third-order valence-electron chi connectivity index (χ3n) is 6.19. The van der Waals surface area contributed by atoms with Crippen LogP contribution in [0.4, 0.5) is 11.5 Å². The largest absolute Gasteiger partial charge is 0.368 e. The summed E-state index contributed by atoms with van der Waals surface area (Å²) in [4.78, 5) is 35.1. The van der Waals surface area contributed by atoms with Crippen LogP contribution in [-0.4, -0.2) is 61.0 Å². The van der Waals surface area contributed by atoms with E-state index in [1.165, 1.54) is 12.8 Å². The molecule has 2 aromatic rings. The SMILES string of the molecule is CC1CCN(c2ccc(C(=O)N3CCN(c4ccc(C(N)=O)cc4)CC3)cn2)CC1. The second-order valence-corrected chi connectivity index (χ2v) is 8.27. The third-order valence-corrected chi connectivity index (χ3v) is 6.19. The Balaban J connectivity index is 1.33. The standard InChI is InChI=1S/C23H29N5O2/c1-17-8-10-27(11-9-17)21-7-4-19(16-25-21)23(30)28-14-12-26(13-15-28)20-5-2-18(3-6-20)22(24)29/h2-7,16-17H,8-15H2,1H3,(H2,24,29). The molecule has 0 atom stereocenters. The molecule has 1 aromatic carbocycles. The van der Waals surface area contributed by atoms with Crippen LogP contribution in [0.25, 0.3) is 0 Å². The van der Waals surface area contributed by atoms with Crippen molar-refractivity contribution in [3.05, 3.63) is 53.7 Å². The Morgan fingerprint density at radius 2 is 1.50 bits per heavy atom. The Bertz CT molecular complexity index is 881. The molecule has 2 fully saturated rings. The fourth-order valence-corrected chi connectivity index (χ4v) is 4.12. The molecule has 0 unspecified atom stereocenters. The van der Waals surface area contributed by atoms with Crippen molar-refractivity contribution in [2.24, 2.45) is 11.7 Å². The Morgan fingerprint density at radius 3 is 2.07 bits per heavy atom. The van der Waals surface area contributed by atoms with Gasteiger partial charge >= 0.3 is 0 Å². The molecule has 0 bridgehead atoms. The molecule has 0 saturated carbocycles. The van der Waals surface area contributed by atoms with Crippen LogP contribution in [0.2, 0.25) is 0 Å². The van der Waals surface area contributed by atoms with Crippen molar-refractivity contribution in [3.63, 3.8) is 0 Å². The molecule has 0 radical (unpaired) electrons. The molecule has 1 aromatic heterocycles. The van der Waals surface area contributed by atoms with E-state index in [9.17, 15) is 9.59 Å². The highest BCUT2D eigenvalue weighted by Gasteiger charge is 2.23. The first-order chi connectivity index (χ1) is 14.5. The molecule has 4 rings (SSSR count). The smallest absolute Gasteiger partial charge is 0.255 e. The van der Waals surface area contributed by atoms with E-state index in [0.717, 1.165) is 43.6 Å². The Kier molecular flexibility index (Phi) is 5.88. The van der Waals surface area contributed by atoms with E-state index >= 15 is 0 Å². The topological polar surface area (TPSA) is 82.8 Å². The summed E-state index contributed by atoms with van der Waals surface area (Å²) in [5, 5.41) is 0. The molecule has 2 aliphatic rings. The van der Waals surface area contributed by atoms with Crippen molar-refractivity contribution in [1.82, 2.24) is 9.88 Å². The average molecular weight is 408 g/mol. The number of nitrogens with two attached hydrogens (primary N) is 1. The number of rotatable bonds is 4. The van der Waals surface area contributed by atoms with Gasteiger partial charge in [-0.2, -0.15) is 0 Å². The second-order valence-electron chi connectivity index (χ2n) is 8.27. The van der Waals surface area contributed by atoms with Gasteiger partial charge in [0.25, 0.3) is 5.91 Å². The van der Waals surface area contributed by atoms with Gasteiger partial charge in [0.1, 0.15) is 5.82 Å². The van der Waals surface area contributed by atoms with Crippen molar-refractivity contribution in [3.8, 4) is 0 Å². The van der Waals surface area contributed by atoms with Gasteiger partial charge in [0.15, 0.2) is 0 Å². The monoisotopic (exact) mass is 407 g/mol. The first kappa shape index (κ1) is 20.2. The van der Waals surface area contributed by atoms with Crippen LogP contribution in [0.1, 0.15) is 40.5 Å². The van der Waals surface area contributed by atoms with Crippen LogP contribution >= 0.6 is 0 Å². The van der Waals surface area contributed by atoms with E-state index in [-0.39, 0.29) is 5.91 Å². The third kappa shape index (κ3) is 4.40. The minimum Gasteiger partial charge on any atom is -0.368 e. The average Bonchev–Trinajstić information content (AvgIpc) is 2.79. The number of pyridine rings is 1. The molecule has 158 valence electrons. The van der Waals surface area contributed by atoms with Crippen LogP contribution in [0, 0.1) is 5.92 Å². The summed E-state index contributed by atoms with van der Waals surface area (Å²) < 4.78 is 0. The molecule has 0 aliphatic carbocycles. The highest BCUT2D eigenvalue weighted by atomic mass is 16.2. The lowest BCUT2D eigenvalue weighted by Crippen LogP contribution is -2.48. The summed E-state index contributed by atoms with van der Waals surface area (Å²) in [6, 6.07) is 11.2. The van der Waals surface area contributed by atoms with E-state index in [2.05, 4.69) is 21.7 Å². The van der Waals surface area contributed by atoms with Crippen LogP contribution in [0.3, 0.4) is 0 Å². The summed E-state index contributed by atoms with van der Waals surface area (Å²) >= 11 is 0. The predicted molar refractivity (Wildman–Crippen MR) is 118 cm³/mol. The number of carbonyl (C=O) groups is 2. The number of amides is 2. The molecule has 0 spiro atoms. The van der Waals surface area contributed by atoms with Gasteiger partial charge in [0, 0.05) is 56.7 Å². The number of primary amides is 1. The molecule has 30 heavy (non-hydrogen) atoms. The summed E-state index contributed by atoms with van der Waals surface area (Å²) in [6.45, 7) is 7.17. The molecule has 2 N–H and O–H groups in total. The van der Waals surface area contributed by atoms with Crippen molar-refractivity contribution in [2.75, 3.05) is 49.1 Å². The zero-order chi connectivity index (χ0) is 21.1. The minimum absolute atomic E-state index is 0.0324. The second kappa shape index (κ2) is 8.73. The molecular weight excluding hydrogens is 378 g/mol. The van der Waals surface area contributed by atoms with Gasteiger partial charge in [-0.05, 0) is 55.2 Å². The lowest BCUT2D eigenvalue weighted by Gasteiger charge is -2.36. The molecule has 2 amide bonds. The fourth-order valence-electron chi connectivity index (χ4n) is 4.12.